The number of benzene rings is 2. The molecule has 0 atom stereocenters. The SMILES string of the molecule is O=C(O)c1cc([N+](=O)[O-])ccc1-n1cnc2ccccc21. The van der Waals surface area contributed by atoms with Crippen LogP contribution in [-0.4, -0.2) is 25.6 Å². The van der Waals surface area contributed by atoms with Gasteiger partial charge in [-0.3, -0.25) is 14.7 Å². The molecule has 0 unspecified atom stereocenters. The van der Waals surface area contributed by atoms with Gasteiger partial charge in [0.2, 0.25) is 0 Å². The van der Waals surface area contributed by atoms with Crippen molar-refractivity contribution < 1.29 is 14.8 Å². The molecule has 0 aliphatic carbocycles. The van der Waals surface area contributed by atoms with Crippen molar-refractivity contribution in [2.75, 3.05) is 0 Å². The number of carboxylic acid groups (broad SMARTS) is 1. The molecule has 2 aromatic carbocycles. The van der Waals surface area contributed by atoms with E-state index in [1.807, 2.05) is 12.1 Å². The molecule has 0 spiro atoms. The molecule has 7 heteroatoms. The van der Waals surface area contributed by atoms with Gasteiger partial charge in [0, 0.05) is 12.1 Å². The Morgan fingerprint density at radius 2 is 2.00 bits per heavy atom. The smallest absolute Gasteiger partial charge is 0.338 e. The third-order valence-corrected chi connectivity index (χ3v) is 3.13. The van der Waals surface area contributed by atoms with Crippen LogP contribution in [0.3, 0.4) is 0 Å². The number of carbonyl (C=O) groups is 1. The monoisotopic (exact) mass is 283 g/mol. The molecular formula is C14H9N3O4. The number of hydrogen-bond acceptors (Lipinski definition) is 4. The number of non-ortho nitro benzene ring substituents is 1. The van der Waals surface area contributed by atoms with E-state index in [1.54, 1.807) is 16.7 Å². The van der Waals surface area contributed by atoms with Gasteiger partial charge in [-0.15, -0.1) is 0 Å². The zero-order valence-electron chi connectivity index (χ0n) is 10.6. The molecule has 3 aromatic rings. The second-order valence-electron chi connectivity index (χ2n) is 4.37. The third-order valence-electron chi connectivity index (χ3n) is 3.13. The number of aromatic nitrogens is 2. The number of aromatic carboxylic acids is 1. The number of nitro groups is 1. The van der Waals surface area contributed by atoms with Crippen LogP contribution in [0.5, 0.6) is 0 Å². The molecule has 1 heterocycles. The number of fused-ring (bicyclic) bond motifs is 1. The summed E-state index contributed by atoms with van der Waals surface area (Å²) in [4.78, 5) is 25.7. The Balaban J connectivity index is 2.27. The quantitative estimate of drug-likeness (QED) is 0.588. The lowest BCUT2D eigenvalue weighted by Gasteiger charge is -2.08. The predicted octanol–water partition coefficient (Wildman–Crippen LogP) is 2.63. The minimum absolute atomic E-state index is 0.146. The van der Waals surface area contributed by atoms with E-state index in [9.17, 15) is 20.0 Å². The van der Waals surface area contributed by atoms with Crippen molar-refractivity contribution >= 4 is 22.7 Å². The molecule has 0 saturated heterocycles. The fourth-order valence-corrected chi connectivity index (χ4v) is 2.17. The number of carboxylic acids is 1. The van der Waals surface area contributed by atoms with Crippen LogP contribution in [0.15, 0.2) is 48.8 Å². The Labute approximate surface area is 118 Å². The summed E-state index contributed by atoms with van der Waals surface area (Å²) < 4.78 is 1.60. The molecule has 0 radical (unpaired) electrons. The first-order valence-electron chi connectivity index (χ1n) is 6.02. The van der Waals surface area contributed by atoms with Crippen molar-refractivity contribution in [2.45, 2.75) is 0 Å². The maximum atomic E-state index is 11.4. The minimum atomic E-state index is -1.23. The van der Waals surface area contributed by atoms with Crippen LogP contribution >= 0.6 is 0 Å². The molecule has 1 aromatic heterocycles. The van der Waals surface area contributed by atoms with E-state index in [4.69, 9.17) is 0 Å². The Hall–Kier alpha value is -3.22. The van der Waals surface area contributed by atoms with Gasteiger partial charge < -0.3 is 5.11 Å². The zero-order valence-corrected chi connectivity index (χ0v) is 10.6. The summed E-state index contributed by atoms with van der Waals surface area (Å²) in [5.41, 5.74) is 1.37. The highest BCUT2D eigenvalue weighted by molar-refractivity contribution is 5.94. The lowest BCUT2D eigenvalue weighted by atomic mass is 10.1. The second kappa shape index (κ2) is 4.71. The van der Waals surface area contributed by atoms with E-state index in [1.165, 1.54) is 18.5 Å². The summed E-state index contributed by atoms with van der Waals surface area (Å²) in [5, 5.41) is 20.1. The molecule has 21 heavy (non-hydrogen) atoms. The van der Waals surface area contributed by atoms with Gasteiger partial charge in [0.25, 0.3) is 5.69 Å². The predicted molar refractivity (Wildman–Crippen MR) is 74.7 cm³/mol. The standard InChI is InChI=1S/C14H9N3O4/c18-14(19)10-7-9(17(20)21)5-6-12(10)16-8-15-11-3-1-2-4-13(11)16/h1-8H,(H,18,19). The fourth-order valence-electron chi connectivity index (χ4n) is 2.17. The molecular weight excluding hydrogens is 274 g/mol. The summed E-state index contributed by atoms with van der Waals surface area (Å²) in [6.07, 6.45) is 1.50. The molecule has 0 bridgehead atoms. The van der Waals surface area contributed by atoms with Crippen molar-refractivity contribution in [2.24, 2.45) is 0 Å². The second-order valence-corrected chi connectivity index (χ2v) is 4.37. The average Bonchev–Trinajstić information content (AvgIpc) is 2.90. The van der Waals surface area contributed by atoms with E-state index in [-0.39, 0.29) is 11.3 Å². The topological polar surface area (TPSA) is 98.3 Å². The lowest BCUT2D eigenvalue weighted by molar-refractivity contribution is -0.384. The highest BCUT2D eigenvalue weighted by Crippen LogP contribution is 2.24. The third kappa shape index (κ3) is 2.10. The Kier molecular flexibility index (Phi) is 2.87. The average molecular weight is 283 g/mol. The Morgan fingerprint density at radius 3 is 2.71 bits per heavy atom. The summed E-state index contributed by atoms with van der Waals surface area (Å²) in [6.45, 7) is 0. The van der Waals surface area contributed by atoms with Gasteiger partial charge in [0.05, 0.1) is 27.2 Å². The molecule has 0 saturated carbocycles. The summed E-state index contributed by atoms with van der Waals surface area (Å²) >= 11 is 0. The van der Waals surface area contributed by atoms with Crippen LogP contribution in [0.1, 0.15) is 10.4 Å². The first kappa shape index (κ1) is 12.8. The maximum Gasteiger partial charge on any atom is 0.338 e. The van der Waals surface area contributed by atoms with Crippen LogP contribution in [0.25, 0.3) is 16.7 Å². The molecule has 1 N–H and O–H groups in total. The van der Waals surface area contributed by atoms with Crippen molar-refractivity contribution in [1.82, 2.24) is 9.55 Å². The summed E-state index contributed by atoms with van der Waals surface area (Å²) in [7, 11) is 0. The number of rotatable bonds is 3. The number of hydrogen-bond donors (Lipinski definition) is 1. The van der Waals surface area contributed by atoms with Gasteiger partial charge >= 0.3 is 5.97 Å². The summed E-state index contributed by atoms with van der Waals surface area (Å²) in [5.74, 6) is -1.23. The maximum absolute atomic E-state index is 11.4. The van der Waals surface area contributed by atoms with Crippen molar-refractivity contribution in [3.63, 3.8) is 0 Å². The molecule has 7 nitrogen and oxygen atoms in total. The van der Waals surface area contributed by atoms with Crippen LogP contribution in [0.2, 0.25) is 0 Å². The molecule has 0 aliphatic rings. The lowest BCUT2D eigenvalue weighted by Crippen LogP contribution is -2.05. The van der Waals surface area contributed by atoms with E-state index in [2.05, 4.69) is 4.98 Å². The Morgan fingerprint density at radius 1 is 1.24 bits per heavy atom. The van der Waals surface area contributed by atoms with Gasteiger partial charge in [0.1, 0.15) is 6.33 Å². The fraction of sp³-hybridized carbons (Fsp3) is 0. The van der Waals surface area contributed by atoms with Gasteiger partial charge in [-0.25, -0.2) is 9.78 Å². The molecule has 0 fully saturated rings. The van der Waals surface area contributed by atoms with Crippen LogP contribution in [0.4, 0.5) is 5.69 Å². The normalized spacial score (nSPS) is 10.7. The zero-order chi connectivity index (χ0) is 15.0. The summed E-state index contributed by atoms with van der Waals surface area (Å²) in [6, 6.07) is 11.0. The van der Waals surface area contributed by atoms with Crippen molar-refractivity contribution in [3.05, 3.63) is 64.5 Å². The largest absolute Gasteiger partial charge is 0.478 e. The Bertz CT molecular complexity index is 870. The van der Waals surface area contributed by atoms with E-state index in [0.717, 1.165) is 11.6 Å². The first-order valence-corrected chi connectivity index (χ1v) is 6.02. The van der Waals surface area contributed by atoms with Gasteiger partial charge in [-0.1, -0.05) is 12.1 Å². The molecule has 3 rings (SSSR count). The number of nitrogens with zero attached hydrogens (tertiary/aromatic N) is 3. The van der Waals surface area contributed by atoms with Crippen LogP contribution in [0, 0.1) is 10.1 Å². The van der Waals surface area contributed by atoms with E-state index < -0.39 is 10.9 Å². The molecule has 0 amide bonds. The minimum Gasteiger partial charge on any atom is -0.478 e. The number of imidazole rings is 1. The van der Waals surface area contributed by atoms with Crippen molar-refractivity contribution in [3.8, 4) is 5.69 Å². The van der Waals surface area contributed by atoms with Gasteiger partial charge in [0.15, 0.2) is 0 Å². The van der Waals surface area contributed by atoms with Crippen LogP contribution < -0.4 is 0 Å². The highest BCUT2D eigenvalue weighted by Gasteiger charge is 2.18. The van der Waals surface area contributed by atoms with Crippen LogP contribution in [-0.2, 0) is 0 Å². The van der Waals surface area contributed by atoms with E-state index >= 15 is 0 Å². The first-order chi connectivity index (χ1) is 10.1. The van der Waals surface area contributed by atoms with Gasteiger partial charge in [-0.05, 0) is 18.2 Å². The molecule has 0 aliphatic heterocycles. The number of nitro benzene ring substituents is 1. The van der Waals surface area contributed by atoms with Crippen molar-refractivity contribution in [1.29, 1.82) is 0 Å². The molecule has 104 valence electrons. The highest BCUT2D eigenvalue weighted by atomic mass is 16.6. The van der Waals surface area contributed by atoms with E-state index in [0.29, 0.717) is 11.2 Å². The number of para-hydroxylation sites is 2. The van der Waals surface area contributed by atoms with Gasteiger partial charge in [-0.2, -0.15) is 0 Å².